The fourth-order valence-electron chi connectivity index (χ4n) is 3.96. The SMILES string of the molecule is Cc1nn(C)c2nc(-c3ccccc3)cc(C(=O)N(C)CCCOc3cccc(S(C)(=O)=O)c3)c12. The van der Waals surface area contributed by atoms with E-state index in [4.69, 9.17) is 9.72 Å². The van der Waals surface area contributed by atoms with E-state index in [1.807, 2.05) is 50.4 Å². The molecule has 4 rings (SSSR count). The molecule has 0 N–H and O–H groups in total. The van der Waals surface area contributed by atoms with Crippen LogP contribution in [-0.4, -0.2) is 60.4 Å². The maximum atomic E-state index is 13.5. The minimum Gasteiger partial charge on any atom is -0.493 e. The molecule has 35 heavy (non-hydrogen) atoms. The molecule has 0 saturated carbocycles. The number of benzene rings is 2. The van der Waals surface area contributed by atoms with Crippen LogP contribution in [0.25, 0.3) is 22.3 Å². The molecule has 0 fully saturated rings. The summed E-state index contributed by atoms with van der Waals surface area (Å²) in [5.41, 5.74) is 3.61. The number of sulfone groups is 1. The Morgan fingerprint density at radius 2 is 1.83 bits per heavy atom. The molecule has 182 valence electrons. The Morgan fingerprint density at radius 1 is 1.09 bits per heavy atom. The smallest absolute Gasteiger partial charge is 0.254 e. The van der Waals surface area contributed by atoms with E-state index < -0.39 is 9.84 Å². The summed E-state index contributed by atoms with van der Waals surface area (Å²) in [6.07, 6.45) is 1.74. The van der Waals surface area contributed by atoms with Crippen molar-refractivity contribution in [3.63, 3.8) is 0 Å². The number of amides is 1. The van der Waals surface area contributed by atoms with Gasteiger partial charge in [0.1, 0.15) is 5.75 Å². The van der Waals surface area contributed by atoms with Gasteiger partial charge in [0.15, 0.2) is 15.5 Å². The third kappa shape index (κ3) is 5.35. The van der Waals surface area contributed by atoms with Crippen LogP contribution >= 0.6 is 0 Å². The van der Waals surface area contributed by atoms with E-state index in [1.54, 1.807) is 28.8 Å². The Balaban J connectivity index is 1.50. The van der Waals surface area contributed by atoms with E-state index in [9.17, 15) is 13.2 Å². The average molecular weight is 493 g/mol. The van der Waals surface area contributed by atoms with Crippen LogP contribution in [0.5, 0.6) is 5.75 Å². The molecule has 0 spiro atoms. The third-order valence-corrected chi connectivity index (χ3v) is 6.87. The first-order chi connectivity index (χ1) is 16.6. The van der Waals surface area contributed by atoms with Crippen molar-refractivity contribution in [2.24, 2.45) is 7.05 Å². The van der Waals surface area contributed by atoms with Crippen LogP contribution < -0.4 is 4.74 Å². The number of fused-ring (bicyclic) bond motifs is 1. The highest BCUT2D eigenvalue weighted by Crippen LogP contribution is 2.27. The molecule has 0 unspecified atom stereocenters. The van der Waals surface area contributed by atoms with Crippen molar-refractivity contribution in [2.75, 3.05) is 26.5 Å². The molecule has 2 heterocycles. The number of aryl methyl sites for hydroxylation is 2. The molecule has 0 aliphatic heterocycles. The molecule has 0 saturated heterocycles. The summed E-state index contributed by atoms with van der Waals surface area (Å²) in [6.45, 7) is 2.69. The lowest BCUT2D eigenvalue weighted by Gasteiger charge is -2.18. The molecule has 0 aliphatic carbocycles. The van der Waals surface area contributed by atoms with Gasteiger partial charge >= 0.3 is 0 Å². The number of hydrogen-bond donors (Lipinski definition) is 0. The van der Waals surface area contributed by atoms with Gasteiger partial charge in [-0.3, -0.25) is 9.48 Å². The number of rotatable bonds is 8. The van der Waals surface area contributed by atoms with Gasteiger partial charge in [-0.25, -0.2) is 13.4 Å². The molecule has 0 atom stereocenters. The molecular formula is C26H28N4O4S. The minimum atomic E-state index is -3.30. The first kappa shape index (κ1) is 24.4. The second-order valence-corrected chi connectivity index (χ2v) is 10.5. The highest BCUT2D eigenvalue weighted by molar-refractivity contribution is 7.90. The monoisotopic (exact) mass is 492 g/mol. The topological polar surface area (TPSA) is 94.4 Å². The van der Waals surface area contributed by atoms with E-state index >= 15 is 0 Å². The van der Waals surface area contributed by atoms with Crippen molar-refractivity contribution in [1.82, 2.24) is 19.7 Å². The second-order valence-electron chi connectivity index (χ2n) is 8.50. The lowest BCUT2D eigenvalue weighted by atomic mass is 10.0. The van der Waals surface area contributed by atoms with Crippen LogP contribution in [-0.2, 0) is 16.9 Å². The number of nitrogens with zero attached hydrogens (tertiary/aromatic N) is 4. The van der Waals surface area contributed by atoms with Crippen LogP contribution in [0.3, 0.4) is 0 Å². The summed E-state index contributed by atoms with van der Waals surface area (Å²) in [5, 5.41) is 5.23. The fraction of sp³-hybridized carbons (Fsp3) is 0.269. The molecule has 4 aromatic rings. The Labute approximate surface area is 205 Å². The van der Waals surface area contributed by atoms with E-state index in [-0.39, 0.29) is 10.8 Å². The highest BCUT2D eigenvalue weighted by atomic mass is 32.2. The molecule has 0 bridgehead atoms. The van der Waals surface area contributed by atoms with Gasteiger partial charge in [0.25, 0.3) is 5.91 Å². The second kappa shape index (κ2) is 9.87. The summed E-state index contributed by atoms with van der Waals surface area (Å²) < 4.78 is 30.9. The van der Waals surface area contributed by atoms with E-state index in [2.05, 4.69) is 5.10 Å². The zero-order valence-electron chi connectivity index (χ0n) is 20.2. The Kier molecular flexibility index (Phi) is 6.88. The number of pyridine rings is 1. The van der Waals surface area contributed by atoms with Crippen molar-refractivity contribution in [3.8, 4) is 17.0 Å². The molecule has 8 nitrogen and oxygen atoms in total. The van der Waals surface area contributed by atoms with Gasteiger partial charge in [0, 0.05) is 32.5 Å². The molecule has 0 radical (unpaired) electrons. The average Bonchev–Trinajstić information content (AvgIpc) is 3.14. The Hall–Kier alpha value is -3.72. The first-order valence-electron chi connectivity index (χ1n) is 11.2. The maximum Gasteiger partial charge on any atom is 0.254 e. The Bertz CT molecular complexity index is 1480. The number of carbonyl (C=O) groups excluding carboxylic acids is 1. The van der Waals surface area contributed by atoms with Crippen LogP contribution in [0, 0.1) is 6.92 Å². The lowest BCUT2D eigenvalue weighted by molar-refractivity contribution is 0.0789. The molecule has 1 amide bonds. The van der Waals surface area contributed by atoms with Crippen LogP contribution in [0.15, 0.2) is 65.6 Å². The van der Waals surface area contributed by atoms with E-state index in [1.165, 1.54) is 12.1 Å². The highest BCUT2D eigenvalue weighted by Gasteiger charge is 2.21. The molecule has 9 heteroatoms. The molecule has 2 aromatic carbocycles. The predicted octanol–water partition coefficient (Wildman–Crippen LogP) is 3.89. The van der Waals surface area contributed by atoms with Crippen LogP contribution in [0.1, 0.15) is 22.5 Å². The standard InChI is InChI=1S/C26H28N4O4S/c1-18-24-22(17-23(19-10-6-5-7-11-19)27-25(24)30(3)28-18)26(31)29(2)14-9-15-34-20-12-8-13-21(16-20)35(4,32)33/h5-8,10-13,16-17H,9,14-15H2,1-4H3. The van der Waals surface area contributed by atoms with Gasteiger partial charge in [0.2, 0.25) is 0 Å². The molecule has 2 aromatic heterocycles. The van der Waals surface area contributed by atoms with Gasteiger partial charge < -0.3 is 9.64 Å². The minimum absolute atomic E-state index is 0.121. The van der Waals surface area contributed by atoms with Crippen molar-refractivity contribution < 1.29 is 17.9 Å². The van der Waals surface area contributed by atoms with Gasteiger partial charge in [-0.15, -0.1) is 0 Å². The van der Waals surface area contributed by atoms with E-state index in [0.29, 0.717) is 42.2 Å². The summed E-state index contributed by atoms with van der Waals surface area (Å²) in [5.74, 6) is 0.362. The van der Waals surface area contributed by atoms with Gasteiger partial charge in [-0.2, -0.15) is 5.10 Å². The number of carbonyl (C=O) groups is 1. The fourth-order valence-corrected chi connectivity index (χ4v) is 4.62. The number of aromatic nitrogens is 3. The van der Waals surface area contributed by atoms with Crippen molar-refractivity contribution in [2.45, 2.75) is 18.2 Å². The summed E-state index contributed by atoms with van der Waals surface area (Å²) >= 11 is 0. The largest absolute Gasteiger partial charge is 0.493 e. The number of ether oxygens (including phenoxy) is 1. The van der Waals surface area contributed by atoms with Gasteiger partial charge in [0.05, 0.1) is 33.8 Å². The normalized spacial score (nSPS) is 11.5. The van der Waals surface area contributed by atoms with Crippen LogP contribution in [0.4, 0.5) is 0 Å². The summed E-state index contributed by atoms with van der Waals surface area (Å²) in [4.78, 5) is 20.1. The predicted molar refractivity (Wildman–Crippen MR) is 135 cm³/mol. The van der Waals surface area contributed by atoms with Gasteiger partial charge in [-0.1, -0.05) is 36.4 Å². The zero-order chi connectivity index (χ0) is 25.2. The molecule has 0 aliphatic rings. The van der Waals surface area contributed by atoms with Crippen molar-refractivity contribution >= 4 is 26.8 Å². The zero-order valence-corrected chi connectivity index (χ0v) is 21.0. The quantitative estimate of drug-likeness (QED) is 0.347. The first-order valence-corrected chi connectivity index (χ1v) is 13.1. The maximum absolute atomic E-state index is 13.5. The summed E-state index contributed by atoms with van der Waals surface area (Å²) in [6, 6.07) is 18.0. The lowest BCUT2D eigenvalue weighted by Crippen LogP contribution is -2.29. The summed E-state index contributed by atoms with van der Waals surface area (Å²) in [7, 11) is 0.282. The van der Waals surface area contributed by atoms with Gasteiger partial charge in [-0.05, 0) is 37.6 Å². The van der Waals surface area contributed by atoms with E-state index in [0.717, 1.165) is 22.9 Å². The third-order valence-electron chi connectivity index (χ3n) is 5.76. The van der Waals surface area contributed by atoms with Crippen LogP contribution in [0.2, 0.25) is 0 Å². The molecular weight excluding hydrogens is 464 g/mol. The van der Waals surface area contributed by atoms with Crippen molar-refractivity contribution in [1.29, 1.82) is 0 Å². The van der Waals surface area contributed by atoms with Crippen molar-refractivity contribution in [3.05, 3.63) is 71.9 Å². The Morgan fingerprint density at radius 3 is 2.54 bits per heavy atom. The number of hydrogen-bond acceptors (Lipinski definition) is 6.